The number of para-hydroxylation sites is 1. The molecule has 3 aromatic rings. The van der Waals surface area contributed by atoms with Crippen LogP contribution in [0.1, 0.15) is 35.2 Å². The van der Waals surface area contributed by atoms with E-state index in [1.165, 1.54) is 59.2 Å². The van der Waals surface area contributed by atoms with Crippen molar-refractivity contribution < 1.29 is 31.1 Å². The van der Waals surface area contributed by atoms with E-state index in [-0.39, 0.29) is 32.5 Å². The number of ether oxygens (including phenoxy) is 2. The predicted octanol–water partition coefficient (Wildman–Crippen LogP) is 3.88. The zero-order chi connectivity index (χ0) is 28.5. The summed E-state index contributed by atoms with van der Waals surface area (Å²) >= 11 is 0. The normalized spacial score (nSPS) is 15.9. The Bertz CT molecular complexity index is 1650. The first-order valence-electron chi connectivity index (χ1n) is 12.9. The summed E-state index contributed by atoms with van der Waals surface area (Å²) in [5, 5.41) is 2.70. The second kappa shape index (κ2) is 11.1. The lowest BCUT2D eigenvalue weighted by Crippen LogP contribution is -2.35. The number of nitrogens with zero attached hydrogens (tertiary/aromatic N) is 2. The van der Waals surface area contributed by atoms with Gasteiger partial charge in [0.25, 0.3) is 15.9 Å². The van der Waals surface area contributed by atoms with Crippen molar-refractivity contribution in [3.05, 3.63) is 71.8 Å². The highest BCUT2D eigenvalue weighted by molar-refractivity contribution is 7.92. The molecule has 1 fully saturated rings. The van der Waals surface area contributed by atoms with Gasteiger partial charge in [-0.3, -0.25) is 9.10 Å². The highest BCUT2D eigenvalue weighted by Gasteiger charge is 2.32. The largest absolute Gasteiger partial charge is 0.496 e. The molecular weight excluding hydrogens is 554 g/mol. The molecule has 10 nitrogen and oxygen atoms in total. The van der Waals surface area contributed by atoms with Crippen LogP contribution in [0.2, 0.25) is 0 Å². The molecule has 0 aliphatic carbocycles. The SMILES string of the molecule is COc1ccc(S(=O)(=O)N2CCCCC2)cc1NC(=O)c1cc(S(=O)(=O)N2CCc3ccccc32)ccc1OC. The van der Waals surface area contributed by atoms with E-state index in [0.29, 0.717) is 31.7 Å². The van der Waals surface area contributed by atoms with E-state index in [1.807, 2.05) is 12.1 Å². The van der Waals surface area contributed by atoms with E-state index in [1.54, 1.807) is 12.1 Å². The van der Waals surface area contributed by atoms with Gasteiger partial charge in [-0.25, -0.2) is 16.8 Å². The van der Waals surface area contributed by atoms with Crippen LogP contribution >= 0.6 is 0 Å². The predicted molar refractivity (Wildman–Crippen MR) is 151 cm³/mol. The summed E-state index contributed by atoms with van der Waals surface area (Å²) in [6.07, 6.45) is 3.16. The van der Waals surface area contributed by atoms with Gasteiger partial charge in [0.1, 0.15) is 11.5 Å². The number of nitrogens with one attached hydrogen (secondary N) is 1. The average molecular weight is 586 g/mol. The van der Waals surface area contributed by atoms with Crippen LogP contribution in [0.3, 0.4) is 0 Å². The second-order valence-corrected chi connectivity index (χ2v) is 13.4. The molecule has 0 atom stereocenters. The Hall–Kier alpha value is -3.61. The van der Waals surface area contributed by atoms with E-state index < -0.39 is 26.0 Å². The minimum atomic E-state index is -3.97. The lowest BCUT2D eigenvalue weighted by atomic mass is 10.1. The Balaban J connectivity index is 1.47. The van der Waals surface area contributed by atoms with Crippen LogP contribution in [0.25, 0.3) is 0 Å². The zero-order valence-electron chi connectivity index (χ0n) is 22.3. The van der Waals surface area contributed by atoms with Crippen molar-refractivity contribution in [2.75, 3.05) is 43.5 Å². The van der Waals surface area contributed by atoms with Crippen molar-refractivity contribution in [1.82, 2.24) is 4.31 Å². The summed E-state index contributed by atoms with van der Waals surface area (Å²) in [5.74, 6) is -0.266. The molecule has 1 saturated heterocycles. The maximum absolute atomic E-state index is 13.6. The zero-order valence-corrected chi connectivity index (χ0v) is 23.9. The monoisotopic (exact) mass is 585 g/mol. The van der Waals surface area contributed by atoms with Crippen LogP contribution in [0.5, 0.6) is 11.5 Å². The fraction of sp³-hybridized carbons (Fsp3) is 0.321. The van der Waals surface area contributed by atoms with Gasteiger partial charge in [-0.05, 0) is 67.3 Å². The van der Waals surface area contributed by atoms with E-state index in [0.717, 1.165) is 24.8 Å². The average Bonchev–Trinajstić information content (AvgIpc) is 3.42. The first-order valence-corrected chi connectivity index (χ1v) is 15.8. The molecule has 0 aromatic heterocycles. The Labute approximate surface area is 234 Å². The lowest BCUT2D eigenvalue weighted by Gasteiger charge is -2.26. The van der Waals surface area contributed by atoms with E-state index in [9.17, 15) is 21.6 Å². The minimum absolute atomic E-state index is 0.0256. The number of piperidine rings is 1. The number of anilines is 2. The number of benzene rings is 3. The van der Waals surface area contributed by atoms with E-state index >= 15 is 0 Å². The number of fused-ring (bicyclic) bond motifs is 1. The Kier molecular flexibility index (Phi) is 7.76. The molecule has 0 unspecified atom stereocenters. The highest BCUT2D eigenvalue weighted by atomic mass is 32.2. The van der Waals surface area contributed by atoms with Crippen molar-refractivity contribution in [3.8, 4) is 11.5 Å². The van der Waals surface area contributed by atoms with Gasteiger partial charge in [-0.2, -0.15) is 4.31 Å². The molecular formula is C28H31N3O7S2. The number of hydrogen-bond acceptors (Lipinski definition) is 7. The summed E-state index contributed by atoms with van der Waals surface area (Å²) in [6, 6.07) is 15.7. The van der Waals surface area contributed by atoms with Crippen LogP contribution in [-0.2, 0) is 26.5 Å². The third-order valence-corrected chi connectivity index (χ3v) is 10.9. The van der Waals surface area contributed by atoms with Gasteiger partial charge in [-0.1, -0.05) is 24.6 Å². The summed E-state index contributed by atoms with van der Waals surface area (Å²) in [6.45, 7) is 1.18. The van der Waals surface area contributed by atoms with Gasteiger partial charge in [0.2, 0.25) is 10.0 Å². The fourth-order valence-electron chi connectivity index (χ4n) is 5.10. The molecule has 2 heterocycles. The van der Waals surface area contributed by atoms with Crippen LogP contribution in [-0.4, -0.2) is 60.9 Å². The second-order valence-electron chi connectivity index (χ2n) is 9.60. The summed E-state index contributed by atoms with van der Waals surface area (Å²) in [5.41, 5.74) is 1.65. The molecule has 5 rings (SSSR count). The van der Waals surface area contributed by atoms with E-state index in [2.05, 4.69) is 5.32 Å². The first kappa shape index (κ1) is 27.9. The number of sulfonamides is 2. The number of methoxy groups -OCH3 is 2. The van der Waals surface area contributed by atoms with Crippen molar-refractivity contribution in [1.29, 1.82) is 0 Å². The molecule has 0 saturated carbocycles. The van der Waals surface area contributed by atoms with Gasteiger partial charge in [0, 0.05) is 19.6 Å². The lowest BCUT2D eigenvalue weighted by molar-refractivity contribution is 0.102. The molecule has 0 radical (unpaired) electrons. The molecule has 2 aliphatic rings. The molecule has 3 aromatic carbocycles. The standard InChI is InChI=1S/C28H31N3O7S2/c1-37-26-12-10-21(40(35,36)31-17-14-20-8-4-5-9-25(20)31)18-23(26)28(32)29-24-19-22(11-13-27(24)38-2)39(33,34)30-15-6-3-7-16-30/h4-5,8-13,18-19H,3,6-7,14-17H2,1-2H3,(H,29,32). The molecule has 2 aliphatic heterocycles. The number of carbonyl (C=O) groups excluding carboxylic acids is 1. The van der Waals surface area contributed by atoms with Crippen LogP contribution < -0.4 is 19.1 Å². The first-order chi connectivity index (χ1) is 19.2. The Morgan fingerprint density at radius 1 is 0.775 bits per heavy atom. The molecule has 40 heavy (non-hydrogen) atoms. The topological polar surface area (TPSA) is 122 Å². The Morgan fingerprint density at radius 2 is 1.43 bits per heavy atom. The van der Waals surface area contributed by atoms with Crippen molar-refractivity contribution in [2.45, 2.75) is 35.5 Å². The summed E-state index contributed by atoms with van der Waals surface area (Å²) in [7, 11) is -4.95. The van der Waals surface area contributed by atoms with Crippen LogP contribution in [0, 0.1) is 0 Å². The molecule has 0 bridgehead atoms. The fourth-order valence-corrected chi connectivity index (χ4v) is 8.17. The highest BCUT2D eigenvalue weighted by Crippen LogP contribution is 2.35. The number of carbonyl (C=O) groups is 1. The molecule has 212 valence electrons. The maximum atomic E-state index is 13.6. The number of rotatable bonds is 8. The Morgan fingerprint density at radius 3 is 2.12 bits per heavy atom. The van der Waals surface area contributed by atoms with Crippen molar-refractivity contribution >= 4 is 37.3 Å². The third-order valence-electron chi connectivity index (χ3n) is 7.22. The van der Waals surface area contributed by atoms with Gasteiger partial charge in [0.15, 0.2) is 0 Å². The quantitative estimate of drug-likeness (QED) is 0.426. The number of amides is 1. The van der Waals surface area contributed by atoms with Crippen molar-refractivity contribution in [3.63, 3.8) is 0 Å². The maximum Gasteiger partial charge on any atom is 0.264 e. The van der Waals surface area contributed by atoms with Gasteiger partial charge < -0.3 is 14.8 Å². The van der Waals surface area contributed by atoms with E-state index in [4.69, 9.17) is 9.47 Å². The molecule has 12 heteroatoms. The summed E-state index contributed by atoms with van der Waals surface area (Å²) < 4.78 is 67.2. The van der Waals surface area contributed by atoms with Crippen molar-refractivity contribution in [2.24, 2.45) is 0 Å². The number of hydrogen-bond donors (Lipinski definition) is 1. The van der Waals surface area contributed by atoms with Gasteiger partial charge in [-0.15, -0.1) is 0 Å². The molecule has 1 amide bonds. The molecule has 1 N–H and O–H groups in total. The van der Waals surface area contributed by atoms with Gasteiger partial charge >= 0.3 is 0 Å². The minimum Gasteiger partial charge on any atom is -0.496 e. The third kappa shape index (κ3) is 5.14. The molecule has 0 spiro atoms. The smallest absolute Gasteiger partial charge is 0.264 e. The van der Waals surface area contributed by atoms with Crippen LogP contribution in [0.4, 0.5) is 11.4 Å². The summed E-state index contributed by atoms with van der Waals surface area (Å²) in [4.78, 5) is 13.5. The van der Waals surface area contributed by atoms with Gasteiger partial charge in [0.05, 0.1) is 40.9 Å². The van der Waals surface area contributed by atoms with Crippen LogP contribution in [0.15, 0.2) is 70.5 Å².